The zero-order chi connectivity index (χ0) is 15.7. The number of aliphatic hydroxyl groups is 2. The Balaban J connectivity index is 1.67. The standard InChI is InChI=1S/C19H30O3/c1-18-8-7-15-13(14(18)5-6-16(18)21)4-3-11-9-12(20)10-17(22)19(11,15)2/h11-15,17,20,22H,3-10H2,1-2H3/t11-,12-,13-,14-,15-,17?,18-,19-/m0/s1. The molecule has 2 N–H and O–H groups in total. The lowest BCUT2D eigenvalue weighted by molar-refractivity contribution is -0.179. The zero-order valence-electron chi connectivity index (χ0n) is 13.9. The Morgan fingerprint density at radius 1 is 1.00 bits per heavy atom. The minimum atomic E-state index is -0.379. The van der Waals surface area contributed by atoms with Crippen LogP contribution in [0.2, 0.25) is 0 Å². The van der Waals surface area contributed by atoms with Crippen LogP contribution in [0, 0.1) is 34.5 Å². The van der Waals surface area contributed by atoms with Crippen LogP contribution in [-0.4, -0.2) is 28.2 Å². The second kappa shape index (κ2) is 4.80. The SMILES string of the molecule is C[C@]12C(O)C[C@@H](O)C[C@@H]1CC[C@@H]1[C@@H]2CC[C@]2(C)C(=O)CC[C@@H]12. The van der Waals surface area contributed by atoms with Crippen LogP contribution in [0.1, 0.15) is 65.2 Å². The molecule has 1 unspecified atom stereocenters. The van der Waals surface area contributed by atoms with E-state index in [1.54, 1.807) is 0 Å². The van der Waals surface area contributed by atoms with E-state index in [-0.39, 0.29) is 23.0 Å². The maximum atomic E-state index is 12.4. The van der Waals surface area contributed by atoms with Gasteiger partial charge in [0.25, 0.3) is 0 Å². The van der Waals surface area contributed by atoms with Crippen LogP contribution in [0.25, 0.3) is 0 Å². The van der Waals surface area contributed by atoms with Gasteiger partial charge in [0.1, 0.15) is 5.78 Å². The third-order valence-corrected chi connectivity index (χ3v) is 8.44. The lowest BCUT2D eigenvalue weighted by Gasteiger charge is -2.61. The molecule has 0 saturated heterocycles. The second-order valence-corrected chi connectivity index (χ2v) is 9.08. The Bertz CT molecular complexity index is 489. The molecule has 0 aliphatic heterocycles. The summed E-state index contributed by atoms with van der Waals surface area (Å²) in [6.07, 6.45) is 6.93. The monoisotopic (exact) mass is 306 g/mol. The molecule has 22 heavy (non-hydrogen) atoms. The maximum absolute atomic E-state index is 12.4. The van der Waals surface area contributed by atoms with Crippen LogP contribution in [0.4, 0.5) is 0 Å². The fourth-order valence-corrected chi connectivity index (χ4v) is 7.07. The van der Waals surface area contributed by atoms with Crippen molar-refractivity contribution >= 4 is 5.78 Å². The van der Waals surface area contributed by atoms with Crippen molar-refractivity contribution in [1.82, 2.24) is 0 Å². The van der Waals surface area contributed by atoms with Crippen molar-refractivity contribution in [2.24, 2.45) is 34.5 Å². The molecule has 0 aromatic rings. The Labute approximate surface area is 133 Å². The normalized spacial score (nSPS) is 57.9. The Morgan fingerprint density at radius 2 is 1.77 bits per heavy atom. The minimum absolute atomic E-state index is 0.0465. The van der Waals surface area contributed by atoms with E-state index in [4.69, 9.17) is 0 Å². The molecule has 124 valence electrons. The van der Waals surface area contributed by atoms with Crippen molar-refractivity contribution in [3.63, 3.8) is 0 Å². The van der Waals surface area contributed by atoms with Crippen LogP contribution in [0.3, 0.4) is 0 Å². The topological polar surface area (TPSA) is 57.5 Å². The third kappa shape index (κ3) is 1.78. The van der Waals surface area contributed by atoms with Gasteiger partial charge in [-0.2, -0.15) is 0 Å². The minimum Gasteiger partial charge on any atom is -0.393 e. The number of hydrogen-bond donors (Lipinski definition) is 2. The highest BCUT2D eigenvalue weighted by molar-refractivity contribution is 5.87. The van der Waals surface area contributed by atoms with Gasteiger partial charge in [0, 0.05) is 11.8 Å². The molecule has 8 atom stereocenters. The molecule has 4 saturated carbocycles. The van der Waals surface area contributed by atoms with Crippen molar-refractivity contribution < 1.29 is 15.0 Å². The van der Waals surface area contributed by atoms with Gasteiger partial charge in [-0.3, -0.25) is 4.79 Å². The van der Waals surface area contributed by atoms with E-state index >= 15 is 0 Å². The van der Waals surface area contributed by atoms with Crippen LogP contribution in [-0.2, 0) is 4.79 Å². The predicted octanol–water partition coefficient (Wildman–Crippen LogP) is 2.93. The molecule has 0 amide bonds. The van der Waals surface area contributed by atoms with Crippen LogP contribution in [0.5, 0.6) is 0 Å². The molecule has 4 fully saturated rings. The molecule has 0 aromatic carbocycles. The van der Waals surface area contributed by atoms with Gasteiger partial charge in [-0.1, -0.05) is 13.8 Å². The number of hydrogen-bond acceptors (Lipinski definition) is 3. The van der Waals surface area contributed by atoms with Crippen molar-refractivity contribution in [2.45, 2.75) is 77.4 Å². The maximum Gasteiger partial charge on any atom is 0.139 e. The van der Waals surface area contributed by atoms with E-state index in [1.807, 2.05) is 0 Å². The highest BCUT2D eigenvalue weighted by Crippen LogP contribution is 2.65. The first-order valence-electron chi connectivity index (χ1n) is 9.26. The molecule has 0 radical (unpaired) electrons. The Hall–Kier alpha value is -0.410. The molecule has 3 nitrogen and oxygen atoms in total. The summed E-state index contributed by atoms with van der Waals surface area (Å²) in [7, 11) is 0. The molecular weight excluding hydrogens is 276 g/mol. The summed E-state index contributed by atoms with van der Waals surface area (Å²) in [5.74, 6) is 2.63. The highest BCUT2D eigenvalue weighted by atomic mass is 16.3. The molecular formula is C19H30O3. The number of Topliss-reactive ketones (excluding diaryl/α,β-unsaturated/α-hetero) is 1. The van der Waals surface area contributed by atoms with Gasteiger partial charge < -0.3 is 10.2 Å². The summed E-state index contributed by atoms with van der Waals surface area (Å²) < 4.78 is 0. The number of carbonyl (C=O) groups excluding carboxylic acids is 1. The average molecular weight is 306 g/mol. The van der Waals surface area contributed by atoms with E-state index in [1.165, 1.54) is 6.42 Å². The lowest BCUT2D eigenvalue weighted by Crippen LogP contribution is -2.59. The largest absolute Gasteiger partial charge is 0.393 e. The summed E-state index contributed by atoms with van der Waals surface area (Å²) in [4.78, 5) is 12.4. The van der Waals surface area contributed by atoms with E-state index in [9.17, 15) is 15.0 Å². The summed E-state index contributed by atoms with van der Waals surface area (Å²) in [6, 6.07) is 0. The van der Waals surface area contributed by atoms with Crippen molar-refractivity contribution in [2.75, 3.05) is 0 Å². The first-order chi connectivity index (χ1) is 10.4. The van der Waals surface area contributed by atoms with Gasteiger partial charge >= 0.3 is 0 Å². The summed E-state index contributed by atoms with van der Waals surface area (Å²) in [6.45, 7) is 4.49. The van der Waals surface area contributed by atoms with Crippen molar-refractivity contribution in [3.8, 4) is 0 Å². The number of carbonyl (C=O) groups is 1. The lowest BCUT2D eigenvalue weighted by atomic mass is 9.44. The smallest absolute Gasteiger partial charge is 0.139 e. The van der Waals surface area contributed by atoms with E-state index < -0.39 is 0 Å². The van der Waals surface area contributed by atoms with E-state index in [0.29, 0.717) is 35.9 Å². The molecule has 0 aromatic heterocycles. The predicted molar refractivity (Wildman–Crippen MR) is 84.1 cm³/mol. The molecule has 0 bridgehead atoms. The number of ketones is 1. The molecule has 0 spiro atoms. The molecule has 4 aliphatic carbocycles. The summed E-state index contributed by atoms with van der Waals surface area (Å²) in [5, 5.41) is 20.9. The van der Waals surface area contributed by atoms with Crippen molar-refractivity contribution in [3.05, 3.63) is 0 Å². The van der Waals surface area contributed by atoms with Crippen molar-refractivity contribution in [1.29, 1.82) is 0 Å². The molecule has 0 heterocycles. The van der Waals surface area contributed by atoms with Crippen LogP contribution in [0.15, 0.2) is 0 Å². The molecule has 3 heteroatoms. The summed E-state index contributed by atoms with van der Waals surface area (Å²) >= 11 is 0. The first-order valence-corrected chi connectivity index (χ1v) is 9.26. The second-order valence-electron chi connectivity index (χ2n) is 9.08. The van der Waals surface area contributed by atoms with Gasteiger partial charge in [-0.15, -0.1) is 0 Å². The average Bonchev–Trinajstić information content (AvgIpc) is 2.77. The van der Waals surface area contributed by atoms with Gasteiger partial charge in [0.2, 0.25) is 0 Å². The van der Waals surface area contributed by atoms with Gasteiger partial charge in [0.05, 0.1) is 12.2 Å². The quantitative estimate of drug-likeness (QED) is 0.723. The van der Waals surface area contributed by atoms with Crippen LogP contribution < -0.4 is 0 Å². The fraction of sp³-hybridized carbons (Fsp3) is 0.947. The fourth-order valence-electron chi connectivity index (χ4n) is 7.07. The zero-order valence-corrected chi connectivity index (χ0v) is 13.9. The van der Waals surface area contributed by atoms with E-state index in [2.05, 4.69) is 13.8 Å². The van der Waals surface area contributed by atoms with Crippen LogP contribution >= 0.6 is 0 Å². The highest BCUT2D eigenvalue weighted by Gasteiger charge is 2.62. The number of fused-ring (bicyclic) bond motifs is 5. The van der Waals surface area contributed by atoms with Gasteiger partial charge in [0.15, 0.2) is 0 Å². The number of rotatable bonds is 0. The van der Waals surface area contributed by atoms with Gasteiger partial charge in [-0.25, -0.2) is 0 Å². The Kier molecular flexibility index (Phi) is 3.30. The third-order valence-electron chi connectivity index (χ3n) is 8.44. The molecule has 4 rings (SSSR count). The summed E-state index contributed by atoms with van der Waals surface area (Å²) in [5.41, 5.74) is -0.126. The first kappa shape index (κ1) is 15.1. The number of aliphatic hydroxyl groups excluding tert-OH is 2. The molecule has 4 aliphatic rings. The Morgan fingerprint density at radius 3 is 2.55 bits per heavy atom. The van der Waals surface area contributed by atoms with Gasteiger partial charge in [-0.05, 0) is 74.0 Å². The van der Waals surface area contributed by atoms with E-state index in [0.717, 1.165) is 38.5 Å².